The zero-order chi connectivity index (χ0) is 17.2. The molecular weight excluding hydrogens is 373 g/mol. The molecule has 3 aliphatic heterocycles. The topological polar surface area (TPSA) is 61.4 Å². The number of amides is 1. The van der Waals surface area contributed by atoms with Gasteiger partial charge >= 0.3 is 0 Å². The van der Waals surface area contributed by atoms with Gasteiger partial charge in [0.25, 0.3) is 5.91 Å². The molecule has 1 N–H and O–H groups in total. The number of carbonyl (C=O) groups excluding carboxylic acids is 1. The number of fused-ring (bicyclic) bond motifs is 4. The number of piperidine rings is 1. The van der Waals surface area contributed by atoms with Crippen LogP contribution in [0.15, 0.2) is 36.7 Å². The fraction of sp³-hybridized carbons (Fsp3) is 0.389. The molecule has 1 aromatic heterocycles. The van der Waals surface area contributed by atoms with E-state index in [1.54, 1.807) is 36.7 Å². The van der Waals surface area contributed by atoms with Crippen LogP contribution in [0.25, 0.3) is 0 Å². The molecule has 3 saturated heterocycles. The molecule has 0 aliphatic carbocycles. The lowest BCUT2D eigenvalue weighted by Crippen LogP contribution is -2.38. The number of hydrogen-bond donors (Lipinski definition) is 1. The third-order valence-electron chi connectivity index (χ3n) is 4.89. The minimum atomic E-state index is -0.222. The largest absolute Gasteiger partial charge is 0.336 e. The lowest BCUT2D eigenvalue weighted by molar-refractivity contribution is 0.102. The number of halogens is 2. The Labute approximate surface area is 164 Å². The SMILES string of the molecule is Cl.O=C(Nc1cnc(N2CCN3CCC2CC3)nc1)c1cccc(Cl)c1. The molecule has 1 amide bonds. The van der Waals surface area contributed by atoms with Gasteiger partial charge < -0.3 is 15.1 Å². The molecule has 5 rings (SSSR count). The summed E-state index contributed by atoms with van der Waals surface area (Å²) in [6, 6.07) is 7.36. The molecule has 1 aromatic carbocycles. The quantitative estimate of drug-likeness (QED) is 0.867. The number of hydrogen-bond acceptors (Lipinski definition) is 5. The third kappa shape index (κ3) is 4.09. The maximum atomic E-state index is 12.3. The maximum absolute atomic E-state index is 12.3. The first-order valence-corrected chi connectivity index (χ1v) is 8.95. The van der Waals surface area contributed by atoms with Gasteiger partial charge in [0.05, 0.1) is 18.1 Å². The first-order valence-electron chi connectivity index (χ1n) is 8.57. The predicted molar refractivity (Wildman–Crippen MR) is 105 cm³/mol. The van der Waals surface area contributed by atoms with E-state index in [-0.39, 0.29) is 18.3 Å². The van der Waals surface area contributed by atoms with Gasteiger partial charge in [0.15, 0.2) is 0 Å². The summed E-state index contributed by atoms with van der Waals surface area (Å²) >= 11 is 5.93. The Balaban J connectivity index is 0.00000196. The summed E-state index contributed by atoms with van der Waals surface area (Å²) < 4.78 is 0. The fourth-order valence-electron chi connectivity index (χ4n) is 3.52. The Morgan fingerprint density at radius 2 is 1.85 bits per heavy atom. The second kappa shape index (κ2) is 8.20. The molecule has 0 saturated carbocycles. The highest BCUT2D eigenvalue weighted by atomic mass is 35.5. The van der Waals surface area contributed by atoms with Crippen molar-refractivity contribution in [3.8, 4) is 0 Å². The molecule has 8 heteroatoms. The van der Waals surface area contributed by atoms with Crippen molar-refractivity contribution in [3.63, 3.8) is 0 Å². The number of benzene rings is 1. The standard InChI is InChI=1S/C18H20ClN5O.ClH/c19-14-3-1-2-13(10-14)17(25)22-15-11-20-18(21-12-15)24-9-8-23-6-4-16(24)5-7-23;/h1-3,10-12,16H,4-9H2,(H,22,25);1H. The van der Waals surface area contributed by atoms with Gasteiger partial charge in [-0.1, -0.05) is 17.7 Å². The van der Waals surface area contributed by atoms with Crippen LogP contribution in [0.3, 0.4) is 0 Å². The minimum absolute atomic E-state index is 0. The molecule has 6 nitrogen and oxygen atoms in total. The van der Waals surface area contributed by atoms with E-state index in [9.17, 15) is 4.79 Å². The van der Waals surface area contributed by atoms with E-state index in [1.807, 2.05) is 0 Å². The molecule has 26 heavy (non-hydrogen) atoms. The summed E-state index contributed by atoms with van der Waals surface area (Å²) in [4.78, 5) is 26.0. The van der Waals surface area contributed by atoms with Crippen molar-refractivity contribution < 1.29 is 4.79 Å². The van der Waals surface area contributed by atoms with E-state index in [0.717, 1.165) is 45.0 Å². The first kappa shape index (κ1) is 18.9. The normalized spacial score (nSPS) is 21.7. The Morgan fingerprint density at radius 3 is 2.54 bits per heavy atom. The van der Waals surface area contributed by atoms with Crippen molar-refractivity contribution in [1.29, 1.82) is 0 Å². The highest BCUT2D eigenvalue weighted by Gasteiger charge is 2.30. The van der Waals surface area contributed by atoms with Crippen molar-refractivity contribution in [3.05, 3.63) is 47.2 Å². The van der Waals surface area contributed by atoms with Gasteiger partial charge in [-0.15, -0.1) is 12.4 Å². The number of aromatic nitrogens is 2. The first-order chi connectivity index (χ1) is 12.2. The van der Waals surface area contributed by atoms with Gasteiger partial charge in [-0.25, -0.2) is 9.97 Å². The minimum Gasteiger partial charge on any atom is -0.336 e. The van der Waals surface area contributed by atoms with Crippen LogP contribution in [0.5, 0.6) is 0 Å². The molecule has 0 unspecified atom stereocenters. The van der Waals surface area contributed by atoms with E-state index in [2.05, 4.69) is 25.1 Å². The Hall–Kier alpha value is -1.89. The zero-order valence-corrected chi connectivity index (χ0v) is 15.8. The van der Waals surface area contributed by atoms with Gasteiger partial charge in [-0.05, 0) is 31.0 Å². The van der Waals surface area contributed by atoms with E-state index in [4.69, 9.17) is 11.6 Å². The van der Waals surface area contributed by atoms with Crippen molar-refractivity contribution in [1.82, 2.24) is 14.9 Å². The highest BCUT2D eigenvalue weighted by Crippen LogP contribution is 2.24. The van der Waals surface area contributed by atoms with E-state index < -0.39 is 0 Å². The average Bonchev–Trinajstić information content (AvgIpc) is 2.96. The molecule has 0 radical (unpaired) electrons. The predicted octanol–water partition coefficient (Wildman–Crippen LogP) is 3.09. The smallest absolute Gasteiger partial charge is 0.255 e. The third-order valence-corrected chi connectivity index (χ3v) is 5.13. The highest BCUT2D eigenvalue weighted by molar-refractivity contribution is 6.31. The van der Waals surface area contributed by atoms with Gasteiger partial charge in [-0.3, -0.25) is 4.79 Å². The van der Waals surface area contributed by atoms with E-state index >= 15 is 0 Å². The molecule has 138 valence electrons. The van der Waals surface area contributed by atoms with Gasteiger partial charge in [-0.2, -0.15) is 0 Å². The van der Waals surface area contributed by atoms with Crippen LogP contribution in [0.4, 0.5) is 11.6 Å². The number of anilines is 2. The molecule has 0 atom stereocenters. The van der Waals surface area contributed by atoms with Crippen molar-refractivity contribution in [2.24, 2.45) is 0 Å². The summed E-state index contributed by atoms with van der Waals surface area (Å²) in [5, 5.41) is 3.35. The Morgan fingerprint density at radius 1 is 1.12 bits per heavy atom. The number of rotatable bonds is 3. The number of nitrogens with one attached hydrogen (secondary N) is 1. The maximum Gasteiger partial charge on any atom is 0.255 e. The van der Waals surface area contributed by atoms with Crippen LogP contribution in [0.1, 0.15) is 23.2 Å². The molecule has 2 bridgehead atoms. The molecule has 3 aliphatic rings. The van der Waals surface area contributed by atoms with Crippen molar-refractivity contribution in [2.45, 2.75) is 18.9 Å². The average molecular weight is 394 g/mol. The zero-order valence-electron chi connectivity index (χ0n) is 14.3. The number of nitrogens with zero attached hydrogens (tertiary/aromatic N) is 4. The van der Waals surface area contributed by atoms with Crippen LogP contribution in [-0.4, -0.2) is 53.0 Å². The molecule has 4 heterocycles. The lowest BCUT2D eigenvalue weighted by Gasteiger charge is -2.31. The van der Waals surface area contributed by atoms with Crippen molar-refractivity contribution >= 4 is 41.6 Å². The Kier molecular flexibility index (Phi) is 5.96. The second-order valence-electron chi connectivity index (χ2n) is 6.50. The molecule has 0 spiro atoms. The monoisotopic (exact) mass is 393 g/mol. The molecule has 3 fully saturated rings. The lowest BCUT2D eigenvalue weighted by atomic mass is 10.1. The van der Waals surface area contributed by atoms with E-state index in [1.165, 1.54) is 0 Å². The summed E-state index contributed by atoms with van der Waals surface area (Å²) in [7, 11) is 0. The van der Waals surface area contributed by atoms with Crippen LogP contribution >= 0.6 is 24.0 Å². The fourth-order valence-corrected chi connectivity index (χ4v) is 3.71. The summed E-state index contributed by atoms with van der Waals surface area (Å²) in [5.41, 5.74) is 1.09. The van der Waals surface area contributed by atoms with E-state index in [0.29, 0.717) is 22.3 Å². The van der Waals surface area contributed by atoms with Gasteiger partial charge in [0.1, 0.15) is 0 Å². The Bertz CT molecular complexity index is 762. The van der Waals surface area contributed by atoms with Gasteiger partial charge in [0.2, 0.25) is 5.95 Å². The molecule has 2 aromatic rings. The summed E-state index contributed by atoms with van der Waals surface area (Å²) in [5.74, 6) is 0.523. The van der Waals surface area contributed by atoms with Gasteiger partial charge in [0, 0.05) is 42.8 Å². The summed E-state index contributed by atoms with van der Waals surface area (Å²) in [6.45, 7) is 4.34. The van der Waals surface area contributed by atoms with Crippen LogP contribution in [0.2, 0.25) is 5.02 Å². The van der Waals surface area contributed by atoms with Crippen LogP contribution < -0.4 is 10.2 Å². The second-order valence-corrected chi connectivity index (χ2v) is 6.94. The van der Waals surface area contributed by atoms with Crippen LogP contribution in [0, 0.1) is 0 Å². The summed E-state index contributed by atoms with van der Waals surface area (Å²) in [6.07, 6.45) is 5.66. The molecular formula is C18H21Cl2N5O. The van der Waals surface area contributed by atoms with Crippen molar-refractivity contribution in [2.75, 3.05) is 36.4 Å². The van der Waals surface area contributed by atoms with Crippen LogP contribution in [-0.2, 0) is 0 Å². The number of carbonyl (C=O) groups is 1.